The Bertz CT molecular complexity index is 852. The maximum absolute atomic E-state index is 13.3. The Balaban J connectivity index is 2.57. The molecule has 0 fully saturated rings. The molecule has 0 unspecified atom stereocenters. The van der Waals surface area contributed by atoms with E-state index in [0.29, 0.717) is 5.56 Å². The quantitative estimate of drug-likeness (QED) is 0.647. The highest BCUT2D eigenvalue weighted by molar-refractivity contribution is 9.10. The number of carbonyl (C=O) groups excluding carboxylic acids is 2. The van der Waals surface area contributed by atoms with E-state index >= 15 is 0 Å². The van der Waals surface area contributed by atoms with E-state index in [1.54, 1.807) is 24.3 Å². The summed E-state index contributed by atoms with van der Waals surface area (Å²) in [6, 6.07) is 11.0. The van der Waals surface area contributed by atoms with Gasteiger partial charge in [-0.1, -0.05) is 40.2 Å². The fraction of sp³-hybridized carbons (Fsp3) is 0.263. The summed E-state index contributed by atoms with van der Waals surface area (Å²) in [5.41, 5.74) is -2.83. The summed E-state index contributed by atoms with van der Waals surface area (Å²) in [6.45, 7) is 1.43. The summed E-state index contributed by atoms with van der Waals surface area (Å²) in [6.07, 6.45) is -4.70. The standard InChI is InChI=1S/C19H17BrF3NO3/c1-18(17(26)27-3,12-8-10-13(20)11-9-12)24(2)16(25)14-6-4-5-7-15(14)19(21,22)23/h4-11H,1-3H3/t18-/m0/s1. The predicted molar refractivity (Wildman–Crippen MR) is 97.0 cm³/mol. The molecule has 2 aromatic carbocycles. The monoisotopic (exact) mass is 443 g/mol. The lowest BCUT2D eigenvalue weighted by Gasteiger charge is -2.37. The van der Waals surface area contributed by atoms with Crippen LogP contribution in [0.25, 0.3) is 0 Å². The van der Waals surface area contributed by atoms with Gasteiger partial charge >= 0.3 is 12.1 Å². The molecule has 0 saturated heterocycles. The maximum Gasteiger partial charge on any atom is 0.417 e. The van der Waals surface area contributed by atoms with Crippen LogP contribution in [0.4, 0.5) is 13.2 Å². The summed E-state index contributed by atoms with van der Waals surface area (Å²) in [4.78, 5) is 26.4. The number of methoxy groups -OCH3 is 1. The average Bonchev–Trinajstić information content (AvgIpc) is 2.65. The van der Waals surface area contributed by atoms with Gasteiger partial charge in [0.25, 0.3) is 5.91 Å². The van der Waals surface area contributed by atoms with Gasteiger partial charge in [0.05, 0.1) is 18.2 Å². The molecule has 4 nitrogen and oxygen atoms in total. The molecule has 0 bridgehead atoms. The Kier molecular flexibility index (Phi) is 5.99. The molecule has 0 saturated carbocycles. The SMILES string of the molecule is COC(=O)[C@](C)(c1ccc(Br)cc1)N(C)C(=O)c1ccccc1C(F)(F)F. The first-order valence-electron chi connectivity index (χ1n) is 7.82. The van der Waals surface area contributed by atoms with Crippen LogP contribution in [0.1, 0.15) is 28.4 Å². The number of ether oxygens (including phenoxy) is 1. The number of hydrogen-bond donors (Lipinski definition) is 0. The normalized spacial score (nSPS) is 13.6. The number of halogens is 4. The third-order valence-corrected chi connectivity index (χ3v) is 4.96. The van der Waals surface area contributed by atoms with Crippen molar-refractivity contribution >= 4 is 27.8 Å². The molecule has 0 radical (unpaired) electrons. The van der Waals surface area contributed by atoms with Gasteiger partial charge in [-0.3, -0.25) is 4.79 Å². The zero-order valence-corrected chi connectivity index (χ0v) is 16.4. The molecule has 27 heavy (non-hydrogen) atoms. The van der Waals surface area contributed by atoms with E-state index in [9.17, 15) is 22.8 Å². The molecule has 144 valence electrons. The van der Waals surface area contributed by atoms with Crippen LogP contribution in [0.5, 0.6) is 0 Å². The minimum atomic E-state index is -4.70. The number of benzene rings is 2. The number of alkyl halides is 3. The zero-order valence-electron chi connectivity index (χ0n) is 14.8. The highest BCUT2D eigenvalue weighted by Gasteiger charge is 2.45. The van der Waals surface area contributed by atoms with Crippen LogP contribution < -0.4 is 0 Å². The van der Waals surface area contributed by atoms with Crippen LogP contribution in [0.15, 0.2) is 53.0 Å². The topological polar surface area (TPSA) is 46.6 Å². The number of carbonyl (C=O) groups is 2. The minimum absolute atomic E-state index is 0.401. The van der Waals surface area contributed by atoms with Gasteiger partial charge in [-0.25, -0.2) is 4.79 Å². The van der Waals surface area contributed by atoms with Crippen LogP contribution in [0.3, 0.4) is 0 Å². The van der Waals surface area contributed by atoms with Crippen molar-refractivity contribution in [3.8, 4) is 0 Å². The molecule has 0 N–H and O–H groups in total. The molecule has 1 atom stereocenters. The van der Waals surface area contributed by atoms with Gasteiger partial charge in [-0.05, 0) is 36.8 Å². The summed E-state index contributed by atoms with van der Waals surface area (Å²) in [5.74, 6) is -1.72. The summed E-state index contributed by atoms with van der Waals surface area (Å²) in [5, 5.41) is 0. The Morgan fingerprint density at radius 3 is 2.11 bits per heavy atom. The predicted octanol–water partition coefficient (Wildman–Crippen LogP) is 4.63. The molecular formula is C19H17BrF3NO3. The molecule has 0 aliphatic carbocycles. The van der Waals surface area contributed by atoms with Crippen molar-refractivity contribution in [3.05, 3.63) is 69.7 Å². The highest BCUT2D eigenvalue weighted by atomic mass is 79.9. The van der Waals surface area contributed by atoms with Crippen LogP contribution in [-0.4, -0.2) is 30.9 Å². The second-order valence-corrected chi connectivity index (χ2v) is 6.89. The molecule has 2 rings (SSSR count). The van der Waals surface area contributed by atoms with Crippen LogP contribution in [0.2, 0.25) is 0 Å². The van der Waals surface area contributed by atoms with Gasteiger partial charge in [0.1, 0.15) is 0 Å². The van der Waals surface area contributed by atoms with Gasteiger partial charge in [-0.2, -0.15) is 13.2 Å². The highest BCUT2D eigenvalue weighted by Crippen LogP contribution is 2.35. The van der Waals surface area contributed by atoms with Gasteiger partial charge in [0.2, 0.25) is 0 Å². The lowest BCUT2D eigenvalue weighted by Crippen LogP contribution is -2.51. The van der Waals surface area contributed by atoms with Crippen LogP contribution in [0, 0.1) is 0 Å². The third kappa shape index (κ3) is 4.00. The number of amides is 1. The fourth-order valence-electron chi connectivity index (χ4n) is 2.72. The first-order valence-corrected chi connectivity index (χ1v) is 8.61. The number of hydrogen-bond acceptors (Lipinski definition) is 3. The molecule has 8 heteroatoms. The number of nitrogens with zero attached hydrogens (tertiary/aromatic N) is 1. The van der Waals surface area contributed by atoms with E-state index in [-0.39, 0.29) is 0 Å². The number of likely N-dealkylation sites (N-methyl/N-ethyl adjacent to an activating group) is 1. The van der Waals surface area contributed by atoms with Crippen molar-refractivity contribution < 1.29 is 27.5 Å². The molecule has 0 heterocycles. The third-order valence-electron chi connectivity index (χ3n) is 4.43. The van der Waals surface area contributed by atoms with Crippen molar-refractivity contribution in [3.63, 3.8) is 0 Å². The van der Waals surface area contributed by atoms with Crippen LogP contribution >= 0.6 is 15.9 Å². The summed E-state index contributed by atoms with van der Waals surface area (Å²) >= 11 is 3.28. The van der Waals surface area contributed by atoms with Crippen LogP contribution in [-0.2, 0) is 21.2 Å². The van der Waals surface area contributed by atoms with Gasteiger partial charge < -0.3 is 9.64 Å². The Morgan fingerprint density at radius 2 is 1.59 bits per heavy atom. The van der Waals surface area contributed by atoms with Gasteiger partial charge in [0, 0.05) is 11.5 Å². The largest absolute Gasteiger partial charge is 0.467 e. The van der Waals surface area contributed by atoms with E-state index in [2.05, 4.69) is 15.9 Å². The van der Waals surface area contributed by atoms with Crippen molar-refractivity contribution in [1.29, 1.82) is 0 Å². The van der Waals surface area contributed by atoms with Gasteiger partial charge in [0.15, 0.2) is 5.54 Å². The molecule has 0 aliphatic rings. The molecular weight excluding hydrogens is 427 g/mol. The molecule has 1 amide bonds. The average molecular weight is 444 g/mol. The molecule has 0 spiro atoms. The Hall–Kier alpha value is -2.35. The molecule has 0 aliphatic heterocycles. The van der Waals surface area contributed by atoms with E-state index in [1.807, 2.05) is 0 Å². The first kappa shape index (κ1) is 21.0. The van der Waals surface area contributed by atoms with E-state index in [0.717, 1.165) is 28.6 Å². The summed E-state index contributed by atoms with van der Waals surface area (Å²) in [7, 11) is 2.43. The number of esters is 1. The Labute approximate surface area is 163 Å². The van der Waals surface area contributed by atoms with E-state index in [1.165, 1.54) is 26.1 Å². The summed E-state index contributed by atoms with van der Waals surface area (Å²) < 4.78 is 45.5. The van der Waals surface area contributed by atoms with Crippen molar-refractivity contribution in [1.82, 2.24) is 4.90 Å². The minimum Gasteiger partial charge on any atom is -0.467 e. The van der Waals surface area contributed by atoms with Crippen molar-refractivity contribution in [2.45, 2.75) is 18.6 Å². The lowest BCUT2D eigenvalue weighted by atomic mass is 9.89. The van der Waals surface area contributed by atoms with E-state index in [4.69, 9.17) is 4.74 Å². The van der Waals surface area contributed by atoms with Crippen molar-refractivity contribution in [2.75, 3.05) is 14.2 Å². The van der Waals surface area contributed by atoms with Crippen molar-refractivity contribution in [2.24, 2.45) is 0 Å². The second-order valence-electron chi connectivity index (χ2n) is 5.98. The Morgan fingerprint density at radius 1 is 1.04 bits per heavy atom. The molecule has 0 aromatic heterocycles. The lowest BCUT2D eigenvalue weighted by molar-refractivity contribution is -0.152. The molecule has 2 aromatic rings. The van der Waals surface area contributed by atoms with E-state index < -0.39 is 34.7 Å². The fourth-order valence-corrected chi connectivity index (χ4v) is 2.99. The van der Waals surface area contributed by atoms with Gasteiger partial charge in [-0.15, -0.1) is 0 Å². The number of rotatable bonds is 4. The maximum atomic E-state index is 13.3. The smallest absolute Gasteiger partial charge is 0.417 e. The second kappa shape index (κ2) is 7.72. The zero-order chi connectivity index (χ0) is 20.4. The first-order chi connectivity index (χ1) is 12.5.